The fourth-order valence-electron chi connectivity index (χ4n) is 4.88. The summed E-state index contributed by atoms with van der Waals surface area (Å²) in [4.78, 5) is 25.8. The normalized spacial score (nSPS) is 16.9. The van der Waals surface area contributed by atoms with Crippen molar-refractivity contribution in [3.05, 3.63) is 46.3 Å². The lowest BCUT2D eigenvalue weighted by atomic mass is 9.98. The fraction of sp³-hybridized carbons (Fsp3) is 0.520. The van der Waals surface area contributed by atoms with Gasteiger partial charge in [-0.15, -0.1) is 0 Å². The minimum Gasteiger partial charge on any atom is -0.462 e. The van der Waals surface area contributed by atoms with Crippen LogP contribution < -0.4 is 5.32 Å². The summed E-state index contributed by atoms with van der Waals surface area (Å²) in [6, 6.07) is 5.82. The van der Waals surface area contributed by atoms with Crippen LogP contribution in [0.25, 0.3) is 0 Å². The SMILES string of the molecule is CCOC(=O)c1c(S(=O)(=O)N2CCC[C@H](C(=O)Nc3cc(C)cc(C)c3)C2)c(C)n(CC)c1C. The van der Waals surface area contributed by atoms with Crippen molar-refractivity contribution < 1.29 is 22.7 Å². The van der Waals surface area contributed by atoms with Crippen molar-refractivity contribution in [3.8, 4) is 0 Å². The third kappa shape index (κ3) is 5.05. The van der Waals surface area contributed by atoms with E-state index in [1.165, 1.54) is 4.31 Å². The van der Waals surface area contributed by atoms with E-state index in [1.54, 1.807) is 20.8 Å². The molecule has 3 rings (SSSR count). The molecule has 0 spiro atoms. The van der Waals surface area contributed by atoms with Crippen LogP contribution in [0, 0.1) is 33.6 Å². The second kappa shape index (κ2) is 10.3. The van der Waals surface area contributed by atoms with E-state index in [-0.39, 0.29) is 29.5 Å². The quantitative estimate of drug-likeness (QED) is 0.594. The molecule has 8 nitrogen and oxygen atoms in total. The number of anilines is 1. The molecule has 186 valence electrons. The van der Waals surface area contributed by atoms with Gasteiger partial charge in [-0.1, -0.05) is 6.07 Å². The van der Waals surface area contributed by atoms with Crippen LogP contribution in [-0.4, -0.2) is 48.9 Å². The Hall–Kier alpha value is -2.65. The summed E-state index contributed by atoms with van der Waals surface area (Å²) in [7, 11) is -4.02. The number of carbonyl (C=O) groups excluding carboxylic acids is 2. The van der Waals surface area contributed by atoms with Gasteiger partial charge in [-0.25, -0.2) is 13.2 Å². The molecule has 0 bridgehead atoms. The largest absolute Gasteiger partial charge is 0.462 e. The first kappa shape index (κ1) is 26.0. The van der Waals surface area contributed by atoms with Crippen LogP contribution in [0.5, 0.6) is 0 Å². The molecule has 0 aliphatic carbocycles. The number of aryl methyl sites for hydroxylation is 2. The second-order valence-electron chi connectivity index (χ2n) is 8.91. The Morgan fingerprint density at radius 1 is 1.06 bits per heavy atom. The number of rotatable bonds is 7. The number of piperidine rings is 1. The minimum absolute atomic E-state index is 0.0133. The number of ether oxygens (including phenoxy) is 1. The molecule has 0 unspecified atom stereocenters. The van der Waals surface area contributed by atoms with E-state index in [4.69, 9.17) is 4.74 Å². The summed E-state index contributed by atoms with van der Waals surface area (Å²) in [6.07, 6.45) is 1.16. The lowest BCUT2D eigenvalue weighted by Crippen LogP contribution is -2.44. The van der Waals surface area contributed by atoms with Crippen LogP contribution in [0.4, 0.5) is 5.69 Å². The van der Waals surface area contributed by atoms with Gasteiger partial charge < -0.3 is 14.6 Å². The van der Waals surface area contributed by atoms with Gasteiger partial charge in [0.25, 0.3) is 0 Å². The van der Waals surface area contributed by atoms with Gasteiger partial charge in [0.05, 0.1) is 12.5 Å². The van der Waals surface area contributed by atoms with Crippen molar-refractivity contribution >= 4 is 27.6 Å². The lowest BCUT2D eigenvalue weighted by molar-refractivity contribution is -0.120. The Bertz CT molecular complexity index is 1180. The third-order valence-electron chi connectivity index (χ3n) is 6.37. The lowest BCUT2D eigenvalue weighted by Gasteiger charge is -2.31. The molecule has 9 heteroatoms. The summed E-state index contributed by atoms with van der Waals surface area (Å²) in [5, 5.41) is 2.95. The van der Waals surface area contributed by atoms with Gasteiger partial charge in [0, 0.05) is 36.7 Å². The number of carbonyl (C=O) groups is 2. The van der Waals surface area contributed by atoms with E-state index in [1.807, 2.05) is 43.5 Å². The highest BCUT2D eigenvalue weighted by molar-refractivity contribution is 7.89. The molecule has 1 atom stereocenters. The predicted octanol–water partition coefficient (Wildman–Crippen LogP) is 3.96. The minimum atomic E-state index is -4.02. The van der Waals surface area contributed by atoms with Crippen molar-refractivity contribution in [1.29, 1.82) is 0 Å². The van der Waals surface area contributed by atoms with Crippen LogP contribution in [0.3, 0.4) is 0 Å². The zero-order chi connectivity index (χ0) is 25.2. The van der Waals surface area contributed by atoms with E-state index in [0.717, 1.165) is 11.1 Å². The van der Waals surface area contributed by atoms with E-state index in [2.05, 4.69) is 5.32 Å². The van der Waals surface area contributed by atoms with Crippen LogP contribution in [0.2, 0.25) is 0 Å². The highest BCUT2D eigenvalue weighted by Crippen LogP contribution is 2.33. The fourth-order valence-corrected chi connectivity index (χ4v) is 6.86. The summed E-state index contributed by atoms with van der Waals surface area (Å²) in [5.41, 5.74) is 3.95. The van der Waals surface area contributed by atoms with E-state index in [9.17, 15) is 18.0 Å². The molecule has 1 aromatic carbocycles. The molecule has 0 radical (unpaired) electrons. The topological polar surface area (TPSA) is 97.7 Å². The highest BCUT2D eigenvalue weighted by atomic mass is 32.2. The Morgan fingerprint density at radius 2 is 1.71 bits per heavy atom. The van der Waals surface area contributed by atoms with Gasteiger partial charge in [-0.3, -0.25) is 4.79 Å². The highest BCUT2D eigenvalue weighted by Gasteiger charge is 2.39. The van der Waals surface area contributed by atoms with Crippen molar-refractivity contribution in [3.63, 3.8) is 0 Å². The Morgan fingerprint density at radius 3 is 2.29 bits per heavy atom. The zero-order valence-corrected chi connectivity index (χ0v) is 21.7. The van der Waals surface area contributed by atoms with Crippen molar-refractivity contribution in [2.24, 2.45) is 5.92 Å². The van der Waals surface area contributed by atoms with Crippen LogP contribution >= 0.6 is 0 Å². The average Bonchev–Trinajstić information content (AvgIpc) is 3.03. The van der Waals surface area contributed by atoms with Gasteiger partial charge >= 0.3 is 5.97 Å². The molecule has 2 heterocycles. The van der Waals surface area contributed by atoms with Crippen LogP contribution in [0.15, 0.2) is 23.1 Å². The first-order valence-corrected chi connectivity index (χ1v) is 13.2. The van der Waals surface area contributed by atoms with Crippen molar-refractivity contribution in [2.75, 3.05) is 25.0 Å². The molecular weight excluding hydrogens is 454 g/mol. The first-order chi connectivity index (χ1) is 16.0. The smallest absolute Gasteiger partial charge is 0.341 e. The Kier molecular flexibility index (Phi) is 7.88. The molecule has 1 aliphatic heterocycles. The van der Waals surface area contributed by atoms with Gasteiger partial charge in [-0.05, 0) is 77.6 Å². The number of benzene rings is 1. The molecule has 1 aromatic heterocycles. The summed E-state index contributed by atoms with van der Waals surface area (Å²) >= 11 is 0. The van der Waals surface area contributed by atoms with Crippen molar-refractivity contribution in [2.45, 2.75) is 65.8 Å². The molecule has 1 amide bonds. The summed E-state index contributed by atoms with van der Waals surface area (Å²) in [6.45, 7) is 12.0. The van der Waals surface area contributed by atoms with Gasteiger partial charge in [-0.2, -0.15) is 4.31 Å². The van der Waals surface area contributed by atoms with Gasteiger partial charge in [0.15, 0.2) is 0 Å². The third-order valence-corrected chi connectivity index (χ3v) is 8.39. The standard InChI is InChI=1S/C25H35N3O5S/c1-7-28-18(5)22(25(30)33-8-2)23(19(28)6)34(31,32)27-11-9-10-20(15-27)24(29)26-21-13-16(3)12-17(4)14-21/h12-14,20H,7-11,15H2,1-6H3,(H,26,29)/t20-/m0/s1. The molecule has 1 N–H and O–H groups in total. The van der Waals surface area contributed by atoms with E-state index >= 15 is 0 Å². The van der Waals surface area contributed by atoms with Gasteiger partial charge in [0.2, 0.25) is 15.9 Å². The zero-order valence-electron chi connectivity index (χ0n) is 20.9. The number of nitrogens with zero attached hydrogens (tertiary/aromatic N) is 2. The molecule has 1 fully saturated rings. The number of hydrogen-bond donors (Lipinski definition) is 1. The first-order valence-electron chi connectivity index (χ1n) is 11.8. The maximum atomic E-state index is 13.8. The van der Waals surface area contributed by atoms with Crippen LogP contribution in [-0.2, 0) is 26.1 Å². The Labute approximate surface area is 202 Å². The molecule has 1 saturated heterocycles. The number of amides is 1. The molecule has 0 saturated carbocycles. The number of aromatic nitrogens is 1. The monoisotopic (exact) mass is 489 g/mol. The van der Waals surface area contributed by atoms with Gasteiger partial charge in [0.1, 0.15) is 10.5 Å². The number of esters is 1. The molecule has 34 heavy (non-hydrogen) atoms. The van der Waals surface area contributed by atoms with Crippen LogP contribution in [0.1, 0.15) is 59.6 Å². The number of sulfonamides is 1. The molecule has 1 aliphatic rings. The summed E-state index contributed by atoms with van der Waals surface area (Å²) in [5.74, 6) is -1.32. The molecule has 2 aromatic rings. The summed E-state index contributed by atoms with van der Waals surface area (Å²) < 4.78 is 36.0. The maximum absolute atomic E-state index is 13.8. The van der Waals surface area contributed by atoms with Crippen molar-refractivity contribution in [1.82, 2.24) is 8.87 Å². The van der Waals surface area contributed by atoms with E-state index < -0.39 is 21.9 Å². The average molecular weight is 490 g/mol. The molecular formula is C25H35N3O5S. The number of nitrogens with one attached hydrogen (secondary N) is 1. The maximum Gasteiger partial charge on any atom is 0.341 e. The van der Waals surface area contributed by atoms with E-state index in [0.29, 0.717) is 43.0 Å². The second-order valence-corrected chi connectivity index (χ2v) is 10.8. The Balaban J connectivity index is 1.91. The predicted molar refractivity (Wildman–Crippen MR) is 132 cm³/mol. The number of hydrogen-bond acceptors (Lipinski definition) is 5.